The van der Waals surface area contributed by atoms with Crippen molar-refractivity contribution in [2.24, 2.45) is 5.73 Å². The minimum atomic E-state index is -0.478. The molecule has 0 aliphatic heterocycles. The molecule has 0 atom stereocenters. The Morgan fingerprint density at radius 1 is 1.10 bits per heavy atom. The first-order chi connectivity index (χ1) is 9.56. The minimum Gasteiger partial charge on any atom is -0.369 e. The van der Waals surface area contributed by atoms with Gasteiger partial charge in [0, 0.05) is 12.1 Å². The minimum absolute atomic E-state index is 0.0975. The van der Waals surface area contributed by atoms with Gasteiger partial charge in [0.15, 0.2) is 0 Å². The third kappa shape index (κ3) is 3.61. The molecule has 0 fully saturated rings. The molecule has 0 saturated carbocycles. The lowest BCUT2D eigenvalue weighted by Gasteiger charge is -2.06. The summed E-state index contributed by atoms with van der Waals surface area (Å²) < 4.78 is 26.8. The molecule has 2 rings (SSSR count). The zero-order chi connectivity index (χ0) is 14.5. The lowest BCUT2D eigenvalue weighted by molar-refractivity contribution is -0.117. The monoisotopic (exact) mass is 276 g/mol. The predicted molar refractivity (Wildman–Crippen MR) is 72.7 cm³/mol. The SMILES string of the molecule is NC(=O)CNCc1ccc(-c2cc(F)ccc2F)cc1. The number of nitrogens with two attached hydrogens (primary N) is 1. The van der Waals surface area contributed by atoms with Crippen LogP contribution in [0.1, 0.15) is 5.56 Å². The highest BCUT2D eigenvalue weighted by Crippen LogP contribution is 2.24. The van der Waals surface area contributed by atoms with E-state index < -0.39 is 17.5 Å². The Balaban J connectivity index is 2.11. The molecule has 104 valence electrons. The molecule has 5 heteroatoms. The highest BCUT2D eigenvalue weighted by atomic mass is 19.1. The second-order valence-electron chi connectivity index (χ2n) is 4.39. The normalized spacial score (nSPS) is 10.5. The van der Waals surface area contributed by atoms with Crippen molar-refractivity contribution in [3.8, 4) is 11.1 Å². The van der Waals surface area contributed by atoms with Crippen molar-refractivity contribution in [1.82, 2.24) is 5.32 Å². The van der Waals surface area contributed by atoms with E-state index in [1.54, 1.807) is 24.3 Å². The summed E-state index contributed by atoms with van der Waals surface area (Å²) in [5.41, 5.74) is 6.75. The number of amides is 1. The maximum atomic E-state index is 13.6. The van der Waals surface area contributed by atoms with Gasteiger partial charge in [-0.05, 0) is 29.3 Å². The molecule has 0 saturated heterocycles. The molecule has 0 heterocycles. The summed E-state index contributed by atoms with van der Waals surface area (Å²) in [7, 11) is 0. The van der Waals surface area contributed by atoms with Gasteiger partial charge < -0.3 is 11.1 Å². The molecular formula is C15H14F2N2O. The van der Waals surface area contributed by atoms with Crippen molar-refractivity contribution in [1.29, 1.82) is 0 Å². The van der Waals surface area contributed by atoms with Crippen molar-refractivity contribution in [2.45, 2.75) is 6.54 Å². The third-order valence-electron chi connectivity index (χ3n) is 2.82. The van der Waals surface area contributed by atoms with Crippen LogP contribution in [-0.2, 0) is 11.3 Å². The number of primary amides is 1. The van der Waals surface area contributed by atoms with Gasteiger partial charge >= 0.3 is 0 Å². The lowest BCUT2D eigenvalue weighted by Crippen LogP contribution is -2.28. The molecule has 2 aromatic carbocycles. The fourth-order valence-electron chi connectivity index (χ4n) is 1.85. The van der Waals surface area contributed by atoms with Crippen molar-refractivity contribution in [2.75, 3.05) is 6.54 Å². The number of rotatable bonds is 5. The highest BCUT2D eigenvalue weighted by Gasteiger charge is 2.06. The van der Waals surface area contributed by atoms with E-state index in [1.165, 1.54) is 0 Å². The Morgan fingerprint density at radius 2 is 1.80 bits per heavy atom. The Bertz CT molecular complexity index is 612. The van der Waals surface area contributed by atoms with Gasteiger partial charge in [0.05, 0.1) is 6.54 Å². The molecule has 1 amide bonds. The number of carbonyl (C=O) groups excluding carboxylic acids is 1. The van der Waals surface area contributed by atoms with Crippen LogP contribution in [0.5, 0.6) is 0 Å². The van der Waals surface area contributed by atoms with E-state index in [4.69, 9.17) is 5.73 Å². The molecular weight excluding hydrogens is 262 g/mol. The average Bonchev–Trinajstić information content (AvgIpc) is 2.42. The summed E-state index contributed by atoms with van der Waals surface area (Å²) in [6.45, 7) is 0.579. The first-order valence-corrected chi connectivity index (χ1v) is 6.09. The molecule has 0 aliphatic carbocycles. The van der Waals surface area contributed by atoms with Gasteiger partial charge in [-0.2, -0.15) is 0 Å². The first kappa shape index (κ1) is 14.1. The number of nitrogens with one attached hydrogen (secondary N) is 1. The Labute approximate surface area is 115 Å². The second kappa shape index (κ2) is 6.25. The van der Waals surface area contributed by atoms with Gasteiger partial charge in [0.25, 0.3) is 0 Å². The summed E-state index contributed by atoms with van der Waals surface area (Å²) in [6, 6.07) is 10.3. The van der Waals surface area contributed by atoms with Crippen molar-refractivity contribution in [3.63, 3.8) is 0 Å². The van der Waals surface area contributed by atoms with Gasteiger partial charge in [-0.15, -0.1) is 0 Å². The van der Waals surface area contributed by atoms with Crippen LogP contribution >= 0.6 is 0 Å². The van der Waals surface area contributed by atoms with Crippen LogP contribution < -0.4 is 11.1 Å². The van der Waals surface area contributed by atoms with Crippen LogP contribution in [0.15, 0.2) is 42.5 Å². The maximum Gasteiger partial charge on any atom is 0.231 e. The molecule has 0 spiro atoms. The fourth-order valence-corrected chi connectivity index (χ4v) is 1.85. The molecule has 20 heavy (non-hydrogen) atoms. The summed E-state index contributed by atoms with van der Waals surface area (Å²) in [5, 5.41) is 2.87. The molecule has 0 bridgehead atoms. The molecule has 3 nitrogen and oxygen atoms in total. The Kier molecular flexibility index (Phi) is 4.42. The van der Waals surface area contributed by atoms with E-state index in [-0.39, 0.29) is 12.1 Å². The lowest BCUT2D eigenvalue weighted by atomic mass is 10.0. The molecule has 0 radical (unpaired) electrons. The second-order valence-corrected chi connectivity index (χ2v) is 4.39. The predicted octanol–water partition coefficient (Wildman–Crippen LogP) is 2.21. The maximum absolute atomic E-state index is 13.6. The van der Waals surface area contributed by atoms with Crippen LogP contribution in [0, 0.1) is 11.6 Å². The molecule has 0 unspecified atom stereocenters. The van der Waals surface area contributed by atoms with Crippen molar-refractivity contribution >= 4 is 5.91 Å². The van der Waals surface area contributed by atoms with E-state index in [0.717, 1.165) is 23.8 Å². The van der Waals surface area contributed by atoms with Crippen molar-refractivity contribution < 1.29 is 13.6 Å². The van der Waals surface area contributed by atoms with Crippen LogP contribution in [0.3, 0.4) is 0 Å². The summed E-state index contributed by atoms with van der Waals surface area (Å²) in [5.74, 6) is -1.37. The van der Waals surface area contributed by atoms with E-state index in [2.05, 4.69) is 5.32 Å². The van der Waals surface area contributed by atoms with Gasteiger partial charge in [-0.25, -0.2) is 8.78 Å². The Hall–Kier alpha value is -2.27. The van der Waals surface area contributed by atoms with Gasteiger partial charge in [-0.3, -0.25) is 4.79 Å². The van der Waals surface area contributed by atoms with Gasteiger partial charge in [-0.1, -0.05) is 24.3 Å². The van der Waals surface area contributed by atoms with E-state index in [0.29, 0.717) is 12.1 Å². The van der Waals surface area contributed by atoms with Crippen LogP contribution in [-0.4, -0.2) is 12.5 Å². The largest absolute Gasteiger partial charge is 0.369 e. The van der Waals surface area contributed by atoms with E-state index in [1.807, 2.05) is 0 Å². The average molecular weight is 276 g/mol. The Morgan fingerprint density at radius 3 is 2.45 bits per heavy atom. The highest BCUT2D eigenvalue weighted by molar-refractivity contribution is 5.75. The molecule has 0 aromatic heterocycles. The van der Waals surface area contributed by atoms with Crippen molar-refractivity contribution in [3.05, 3.63) is 59.7 Å². The van der Waals surface area contributed by atoms with E-state index >= 15 is 0 Å². The number of benzene rings is 2. The molecule has 2 aromatic rings. The molecule has 3 N–H and O–H groups in total. The number of hydrogen-bond acceptors (Lipinski definition) is 2. The number of carbonyl (C=O) groups is 1. The summed E-state index contributed by atoms with van der Waals surface area (Å²) in [4.78, 5) is 10.6. The quantitative estimate of drug-likeness (QED) is 0.879. The smallest absolute Gasteiger partial charge is 0.231 e. The number of hydrogen-bond donors (Lipinski definition) is 2. The number of halogens is 2. The topological polar surface area (TPSA) is 55.1 Å². The summed E-state index contributed by atoms with van der Waals surface area (Å²) >= 11 is 0. The standard InChI is InChI=1S/C15H14F2N2O/c16-12-5-6-14(17)13(7-12)11-3-1-10(2-4-11)8-19-9-15(18)20/h1-7,19H,8-9H2,(H2,18,20). The van der Waals surface area contributed by atoms with Crippen LogP contribution in [0.2, 0.25) is 0 Å². The van der Waals surface area contributed by atoms with Crippen LogP contribution in [0.4, 0.5) is 8.78 Å². The molecule has 0 aliphatic rings. The van der Waals surface area contributed by atoms with Gasteiger partial charge in [0.2, 0.25) is 5.91 Å². The van der Waals surface area contributed by atoms with E-state index in [9.17, 15) is 13.6 Å². The van der Waals surface area contributed by atoms with Gasteiger partial charge in [0.1, 0.15) is 11.6 Å². The summed E-state index contributed by atoms with van der Waals surface area (Å²) in [6.07, 6.45) is 0. The third-order valence-corrected chi connectivity index (χ3v) is 2.82. The first-order valence-electron chi connectivity index (χ1n) is 6.09. The zero-order valence-electron chi connectivity index (χ0n) is 10.7. The van der Waals surface area contributed by atoms with Crippen LogP contribution in [0.25, 0.3) is 11.1 Å². The zero-order valence-corrected chi connectivity index (χ0v) is 10.7. The fraction of sp³-hybridized carbons (Fsp3) is 0.133.